The third-order valence-electron chi connectivity index (χ3n) is 3.85. The average Bonchev–Trinajstić information content (AvgIpc) is 3.24. The van der Waals surface area contributed by atoms with Crippen LogP contribution in [-0.2, 0) is 16.1 Å². The second-order valence-electron chi connectivity index (χ2n) is 5.41. The predicted molar refractivity (Wildman–Crippen MR) is 94.8 cm³/mol. The van der Waals surface area contributed by atoms with Crippen LogP contribution in [0.3, 0.4) is 0 Å². The van der Waals surface area contributed by atoms with Crippen molar-refractivity contribution in [3.8, 4) is 0 Å². The second kappa shape index (κ2) is 7.59. The summed E-state index contributed by atoms with van der Waals surface area (Å²) in [5, 5.41) is 3.87. The number of thiophene rings is 2. The summed E-state index contributed by atoms with van der Waals surface area (Å²) in [4.78, 5) is 27.0. The van der Waals surface area contributed by atoms with Gasteiger partial charge in [0.25, 0.3) is 5.91 Å². The quantitative estimate of drug-likeness (QED) is 0.706. The number of carbonyl (C=O) groups excluding carboxylic acids is 2. The van der Waals surface area contributed by atoms with E-state index in [1.165, 1.54) is 11.3 Å². The van der Waals surface area contributed by atoms with Crippen LogP contribution in [0.4, 0.5) is 0 Å². The number of rotatable bonds is 4. The first kappa shape index (κ1) is 16.7. The molecule has 3 rings (SSSR count). The Kier molecular flexibility index (Phi) is 5.50. The van der Waals surface area contributed by atoms with Gasteiger partial charge in [-0.05, 0) is 51.7 Å². The van der Waals surface area contributed by atoms with Crippen molar-refractivity contribution in [1.82, 2.24) is 4.90 Å². The Hall–Kier alpha value is -1.18. The third-order valence-corrected chi connectivity index (χ3v) is 6.26. The van der Waals surface area contributed by atoms with E-state index in [2.05, 4.69) is 15.9 Å². The lowest BCUT2D eigenvalue weighted by atomic mass is 9.97. The molecule has 2 aromatic rings. The molecule has 0 saturated carbocycles. The number of likely N-dealkylation sites (tertiary alicyclic amines) is 1. The first-order valence-electron chi connectivity index (χ1n) is 7.36. The number of esters is 1. The Bertz CT molecular complexity index is 675. The van der Waals surface area contributed by atoms with Crippen LogP contribution in [0.2, 0.25) is 0 Å². The minimum atomic E-state index is -0.157. The molecule has 0 atom stereocenters. The highest BCUT2D eigenvalue weighted by molar-refractivity contribution is 9.11. The van der Waals surface area contributed by atoms with Gasteiger partial charge < -0.3 is 9.64 Å². The molecular weight excluding hydrogens is 398 g/mol. The molecule has 0 spiro atoms. The fourth-order valence-electron chi connectivity index (χ4n) is 2.57. The summed E-state index contributed by atoms with van der Waals surface area (Å²) < 4.78 is 6.43. The lowest BCUT2D eigenvalue weighted by Gasteiger charge is -2.30. The number of carbonyl (C=O) groups is 2. The molecular formula is C16H16BrNO3S2. The number of hydrogen-bond acceptors (Lipinski definition) is 5. The van der Waals surface area contributed by atoms with Gasteiger partial charge in [0.1, 0.15) is 6.61 Å². The molecule has 122 valence electrons. The molecule has 0 aromatic carbocycles. The highest BCUT2D eigenvalue weighted by Gasteiger charge is 2.29. The molecule has 0 bridgehead atoms. The molecule has 7 heteroatoms. The smallest absolute Gasteiger partial charge is 0.309 e. The van der Waals surface area contributed by atoms with E-state index in [1.807, 2.05) is 33.9 Å². The molecule has 0 radical (unpaired) electrons. The van der Waals surface area contributed by atoms with Gasteiger partial charge in [-0.1, -0.05) is 6.07 Å². The molecule has 23 heavy (non-hydrogen) atoms. The van der Waals surface area contributed by atoms with Crippen molar-refractivity contribution in [2.75, 3.05) is 13.1 Å². The fourth-order valence-corrected chi connectivity index (χ4v) is 4.45. The maximum absolute atomic E-state index is 12.3. The van der Waals surface area contributed by atoms with Crippen molar-refractivity contribution < 1.29 is 14.3 Å². The Balaban J connectivity index is 1.46. The SMILES string of the molecule is O=C(OCc1csc(Br)c1)C1CCN(C(=O)c2cccs2)CC1. The van der Waals surface area contributed by atoms with Gasteiger partial charge in [0.15, 0.2) is 0 Å². The molecule has 1 saturated heterocycles. The normalized spacial score (nSPS) is 15.6. The molecule has 0 unspecified atom stereocenters. The van der Waals surface area contributed by atoms with E-state index in [9.17, 15) is 9.59 Å². The van der Waals surface area contributed by atoms with Crippen molar-refractivity contribution in [2.45, 2.75) is 19.4 Å². The zero-order chi connectivity index (χ0) is 16.2. The Morgan fingerprint density at radius 2 is 2.09 bits per heavy atom. The average molecular weight is 414 g/mol. The number of hydrogen-bond donors (Lipinski definition) is 0. The molecule has 2 aromatic heterocycles. The monoisotopic (exact) mass is 413 g/mol. The zero-order valence-corrected chi connectivity index (χ0v) is 15.6. The summed E-state index contributed by atoms with van der Waals surface area (Å²) >= 11 is 6.42. The third kappa shape index (κ3) is 4.22. The van der Waals surface area contributed by atoms with Crippen LogP contribution in [-0.4, -0.2) is 29.9 Å². The Morgan fingerprint density at radius 1 is 1.30 bits per heavy atom. The van der Waals surface area contributed by atoms with Crippen LogP contribution in [0.5, 0.6) is 0 Å². The number of ether oxygens (including phenoxy) is 1. The van der Waals surface area contributed by atoms with Gasteiger partial charge in [-0.15, -0.1) is 22.7 Å². The molecule has 1 aliphatic heterocycles. The fraction of sp³-hybridized carbons (Fsp3) is 0.375. The standard InChI is InChI=1S/C16H16BrNO3S2/c17-14-8-11(10-23-14)9-21-16(20)12-3-5-18(6-4-12)15(19)13-2-1-7-22-13/h1-2,7-8,10,12H,3-6,9H2. The van der Waals surface area contributed by atoms with E-state index >= 15 is 0 Å². The molecule has 1 aliphatic rings. The van der Waals surface area contributed by atoms with Crippen LogP contribution in [0.1, 0.15) is 28.1 Å². The van der Waals surface area contributed by atoms with Crippen molar-refractivity contribution in [2.24, 2.45) is 5.92 Å². The minimum absolute atomic E-state index is 0.0648. The van der Waals surface area contributed by atoms with E-state index in [1.54, 1.807) is 11.3 Å². The summed E-state index contributed by atoms with van der Waals surface area (Å²) in [7, 11) is 0. The van der Waals surface area contributed by atoms with Crippen LogP contribution >= 0.6 is 38.6 Å². The largest absolute Gasteiger partial charge is 0.461 e. The molecule has 1 amide bonds. The van der Waals surface area contributed by atoms with Crippen molar-refractivity contribution >= 4 is 50.5 Å². The summed E-state index contributed by atoms with van der Waals surface area (Å²) in [5.41, 5.74) is 1.00. The predicted octanol–water partition coefficient (Wildman–Crippen LogP) is 4.17. The van der Waals surface area contributed by atoms with Gasteiger partial charge in [-0.2, -0.15) is 0 Å². The van der Waals surface area contributed by atoms with Crippen molar-refractivity contribution in [1.29, 1.82) is 0 Å². The summed E-state index contributed by atoms with van der Waals surface area (Å²) in [6.07, 6.45) is 1.34. The lowest BCUT2D eigenvalue weighted by molar-refractivity contribution is -0.151. The minimum Gasteiger partial charge on any atom is -0.461 e. The highest BCUT2D eigenvalue weighted by atomic mass is 79.9. The highest BCUT2D eigenvalue weighted by Crippen LogP contribution is 2.24. The van der Waals surface area contributed by atoms with E-state index in [4.69, 9.17) is 4.74 Å². The van der Waals surface area contributed by atoms with Gasteiger partial charge in [-0.3, -0.25) is 9.59 Å². The molecule has 1 fully saturated rings. The van der Waals surface area contributed by atoms with Crippen LogP contribution < -0.4 is 0 Å². The second-order valence-corrected chi connectivity index (χ2v) is 8.65. The van der Waals surface area contributed by atoms with Crippen LogP contribution in [0.25, 0.3) is 0 Å². The van der Waals surface area contributed by atoms with Gasteiger partial charge in [0.2, 0.25) is 0 Å². The molecule has 4 nitrogen and oxygen atoms in total. The summed E-state index contributed by atoms with van der Waals surface area (Å²) in [6, 6.07) is 5.68. The Morgan fingerprint density at radius 3 is 2.70 bits per heavy atom. The zero-order valence-electron chi connectivity index (χ0n) is 12.4. The molecule has 0 aliphatic carbocycles. The van der Waals surface area contributed by atoms with Crippen molar-refractivity contribution in [3.63, 3.8) is 0 Å². The maximum atomic E-state index is 12.3. The van der Waals surface area contributed by atoms with Crippen LogP contribution in [0.15, 0.2) is 32.7 Å². The number of amides is 1. The van der Waals surface area contributed by atoms with E-state index < -0.39 is 0 Å². The number of halogens is 1. The first-order chi connectivity index (χ1) is 11.1. The van der Waals surface area contributed by atoms with E-state index in [0.717, 1.165) is 14.2 Å². The maximum Gasteiger partial charge on any atom is 0.309 e. The number of nitrogens with zero attached hydrogens (tertiary/aromatic N) is 1. The summed E-state index contributed by atoms with van der Waals surface area (Å²) in [5.74, 6) is -0.199. The molecule has 3 heterocycles. The van der Waals surface area contributed by atoms with E-state index in [0.29, 0.717) is 32.5 Å². The van der Waals surface area contributed by atoms with Crippen molar-refractivity contribution in [3.05, 3.63) is 43.2 Å². The number of piperidine rings is 1. The van der Waals surface area contributed by atoms with Gasteiger partial charge in [0.05, 0.1) is 14.6 Å². The topological polar surface area (TPSA) is 46.6 Å². The lowest BCUT2D eigenvalue weighted by Crippen LogP contribution is -2.40. The van der Waals surface area contributed by atoms with Gasteiger partial charge >= 0.3 is 5.97 Å². The Labute approximate surface area is 151 Å². The van der Waals surface area contributed by atoms with Crippen LogP contribution in [0, 0.1) is 5.92 Å². The van der Waals surface area contributed by atoms with Gasteiger partial charge in [-0.25, -0.2) is 0 Å². The first-order valence-corrected chi connectivity index (χ1v) is 9.91. The molecule has 0 N–H and O–H groups in total. The van der Waals surface area contributed by atoms with Gasteiger partial charge in [0, 0.05) is 18.7 Å². The summed E-state index contributed by atoms with van der Waals surface area (Å²) in [6.45, 7) is 1.54. The van der Waals surface area contributed by atoms with E-state index in [-0.39, 0.29) is 17.8 Å².